The Balaban J connectivity index is 1.40. The second-order valence-corrected chi connectivity index (χ2v) is 9.75. The van der Waals surface area contributed by atoms with E-state index in [4.69, 9.17) is 0 Å². The van der Waals surface area contributed by atoms with Gasteiger partial charge in [0.05, 0.1) is 4.90 Å². The van der Waals surface area contributed by atoms with Crippen molar-refractivity contribution in [2.75, 3.05) is 32.1 Å². The molecule has 0 amide bonds. The fraction of sp³-hybridized carbons (Fsp3) is 0.524. The minimum Gasteiger partial charge on any atom is -0.317 e. The SMILES string of the molecule is O=S(=O)(CN1CCC(C2CCNCC2)CC1)c1ccc2ccccc2c1. The zero-order valence-corrected chi connectivity index (χ0v) is 16.0. The Kier molecular flexibility index (Phi) is 5.30. The Bertz CT molecular complexity index is 851. The highest BCUT2D eigenvalue weighted by Gasteiger charge is 2.29. The molecule has 2 fully saturated rings. The molecule has 2 aliphatic rings. The zero-order chi connectivity index (χ0) is 18.0. The molecule has 2 aliphatic heterocycles. The maximum atomic E-state index is 12.9. The van der Waals surface area contributed by atoms with Gasteiger partial charge in [-0.1, -0.05) is 30.3 Å². The van der Waals surface area contributed by atoms with Crippen molar-refractivity contribution >= 4 is 20.6 Å². The number of sulfone groups is 1. The van der Waals surface area contributed by atoms with Crippen molar-refractivity contribution in [2.45, 2.75) is 30.6 Å². The fourth-order valence-corrected chi connectivity index (χ4v) is 6.01. The van der Waals surface area contributed by atoms with E-state index in [-0.39, 0.29) is 5.88 Å². The number of piperidine rings is 2. The molecule has 0 bridgehead atoms. The third-order valence-electron chi connectivity index (χ3n) is 6.12. The van der Waals surface area contributed by atoms with Gasteiger partial charge < -0.3 is 5.32 Å². The number of hydrogen-bond acceptors (Lipinski definition) is 4. The van der Waals surface area contributed by atoms with Gasteiger partial charge in [-0.3, -0.25) is 4.90 Å². The van der Waals surface area contributed by atoms with E-state index < -0.39 is 9.84 Å². The first-order valence-corrected chi connectivity index (χ1v) is 11.4. The van der Waals surface area contributed by atoms with Gasteiger partial charge >= 0.3 is 0 Å². The summed E-state index contributed by atoms with van der Waals surface area (Å²) in [7, 11) is -3.28. The summed E-state index contributed by atoms with van der Waals surface area (Å²) in [6, 6.07) is 13.4. The summed E-state index contributed by atoms with van der Waals surface area (Å²) in [6.45, 7) is 4.09. The highest BCUT2D eigenvalue weighted by molar-refractivity contribution is 7.91. The first-order valence-electron chi connectivity index (χ1n) is 9.76. The zero-order valence-electron chi connectivity index (χ0n) is 15.2. The monoisotopic (exact) mass is 372 g/mol. The topological polar surface area (TPSA) is 49.4 Å². The molecule has 0 spiro atoms. The van der Waals surface area contributed by atoms with Crippen LogP contribution in [-0.2, 0) is 9.84 Å². The summed E-state index contributed by atoms with van der Waals surface area (Å²) in [5.41, 5.74) is 0. The molecule has 0 aromatic heterocycles. The van der Waals surface area contributed by atoms with Crippen molar-refractivity contribution in [3.8, 4) is 0 Å². The minimum absolute atomic E-state index is 0.143. The predicted molar refractivity (Wildman–Crippen MR) is 106 cm³/mol. The van der Waals surface area contributed by atoms with Crippen LogP contribution in [-0.4, -0.2) is 45.4 Å². The number of fused-ring (bicyclic) bond motifs is 1. The van der Waals surface area contributed by atoms with E-state index in [0.717, 1.165) is 61.6 Å². The standard InChI is InChI=1S/C21H28N2O2S/c24-26(25,21-6-5-17-3-1-2-4-20(17)15-21)16-23-13-9-19(10-14-23)18-7-11-22-12-8-18/h1-6,15,18-19,22H,7-14,16H2. The molecule has 2 saturated heterocycles. The third-order valence-corrected chi connectivity index (χ3v) is 7.79. The Morgan fingerprint density at radius 3 is 2.27 bits per heavy atom. The number of benzene rings is 2. The molecule has 4 rings (SSSR count). The number of nitrogens with one attached hydrogen (secondary N) is 1. The van der Waals surface area contributed by atoms with Crippen LogP contribution in [0.15, 0.2) is 47.4 Å². The Hall–Kier alpha value is -1.43. The molecule has 2 aromatic rings. The van der Waals surface area contributed by atoms with Gasteiger partial charge in [0.2, 0.25) is 0 Å². The van der Waals surface area contributed by atoms with Crippen LogP contribution in [0.2, 0.25) is 0 Å². The van der Waals surface area contributed by atoms with E-state index in [1.54, 1.807) is 6.07 Å². The molecule has 4 nitrogen and oxygen atoms in total. The lowest BCUT2D eigenvalue weighted by Crippen LogP contribution is -2.41. The van der Waals surface area contributed by atoms with E-state index in [0.29, 0.717) is 4.90 Å². The maximum Gasteiger partial charge on any atom is 0.191 e. The van der Waals surface area contributed by atoms with Crippen LogP contribution in [0.1, 0.15) is 25.7 Å². The predicted octanol–water partition coefficient (Wildman–Crippen LogP) is 3.28. The highest BCUT2D eigenvalue weighted by atomic mass is 32.2. The Morgan fingerprint density at radius 1 is 0.885 bits per heavy atom. The molecule has 1 N–H and O–H groups in total. The summed E-state index contributed by atoms with van der Waals surface area (Å²) in [6.07, 6.45) is 4.83. The summed E-state index contributed by atoms with van der Waals surface area (Å²) in [4.78, 5) is 2.57. The van der Waals surface area contributed by atoms with Crippen LogP contribution < -0.4 is 5.32 Å². The Morgan fingerprint density at radius 2 is 1.54 bits per heavy atom. The van der Waals surface area contributed by atoms with Gasteiger partial charge in [0, 0.05) is 0 Å². The molecular formula is C21H28N2O2S. The molecule has 140 valence electrons. The first-order chi connectivity index (χ1) is 12.6. The van der Waals surface area contributed by atoms with E-state index in [1.807, 2.05) is 36.4 Å². The van der Waals surface area contributed by atoms with Gasteiger partial charge in [0.15, 0.2) is 9.84 Å². The second-order valence-electron chi connectivity index (χ2n) is 7.80. The molecule has 0 atom stereocenters. The van der Waals surface area contributed by atoms with Crippen LogP contribution in [0.5, 0.6) is 0 Å². The van der Waals surface area contributed by atoms with Crippen molar-refractivity contribution in [2.24, 2.45) is 11.8 Å². The number of nitrogens with zero attached hydrogens (tertiary/aromatic N) is 1. The number of hydrogen-bond donors (Lipinski definition) is 1. The lowest BCUT2D eigenvalue weighted by atomic mass is 9.79. The van der Waals surface area contributed by atoms with E-state index in [1.165, 1.54) is 12.8 Å². The lowest BCUT2D eigenvalue weighted by molar-refractivity contribution is 0.143. The number of likely N-dealkylation sites (tertiary alicyclic amines) is 1. The van der Waals surface area contributed by atoms with Gasteiger partial charge in [0.25, 0.3) is 0 Å². The summed E-state index contributed by atoms with van der Waals surface area (Å²) in [5, 5.41) is 5.50. The van der Waals surface area contributed by atoms with Gasteiger partial charge in [-0.15, -0.1) is 0 Å². The van der Waals surface area contributed by atoms with Gasteiger partial charge in [-0.2, -0.15) is 0 Å². The van der Waals surface area contributed by atoms with E-state index in [2.05, 4.69) is 10.2 Å². The molecule has 5 heteroatoms. The molecule has 2 heterocycles. The van der Waals surface area contributed by atoms with Crippen molar-refractivity contribution in [3.63, 3.8) is 0 Å². The van der Waals surface area contributed by atoms with Gasteiger partial charge in [-0.25, -0.2) is 8.42 Å². The molecule has 0 unspecified atom stereocenters. The largest absolute Gasteiger partial charge is 0.317 e. The van der Waals surface area contributed by atoms with Crippen LogP contribution in [0.4, 0.5) is 0 Å². The average molecular weight is 373 g/mol. The molecule has 0 aliphatic carbocycles. The van der Waals surface area contributed by atoms with Crippen molar-refractivity contribution in [1.29, 1.82) is 0 Å². The molecule has 0 radical (unpaired) electrons. The first kappa shape index (κ1) is 18.0. The van der Waals surface area contributed by atoms with Crippen molar-refractivity contribution in [1.82, 2.24) is 10.2 Å². The lowest BCUT2D eigenvalue weighted by Gasteiger charge is -2.37. The maximum absolute atomic E-state index is 12.9. The fourth-order valence-electron chi connectivity index (χ4n) is 4.54. The molecular weight excluding hydrogens is 344 g/mol. The van der Waals surface area contributed by atoms with Crippen LogP contribution in [0.3, 0.4) is 0 Å². The summed E-state index contributed by atoms with van der Waals surface area (Å²) in [5.74, 6) is 1.75. The summed E-state index contributed by atoms with van der Waals surface area (Å²) >= 11 is 0. The molecule has 26 heavy (non-hydrogen) atoms. The van der Waals surface area contributed by atoms with Gasteiger partial charge in [0.1, 0.15) is 5.88 Å². The normalized spacial score (nSPS) is 21.2. The molecule has 2 aromatic carbocycles. The van der Waals surface area contributed by atoms with E-state index in [9.17, 15) is 8.42 Å². The van der Waals surface area contributed by atoms with Crippen LogP contribution in [0.25, 0.3) is 10.8 Å². The van der Waals surface area contributed by atoms with Gasteiger partial charge in [-0.05, 0) is 86.6 Å². The highest BCUT2D eigenvalue weighted by Crippen LogP contribution is 2.31. The number of rotatable bonds is 4. The minimum atomic E-state index is -3.28. The van der Waals surface area contributed by atoms with Crippen molar-refractivity contribution < 1.29 is 8.42 Å². The smallest absolute Gasteiger partial charge is 0.191 e. The molecule has 0 saturated carbocycles. The summed E-state index contributed by atoms with van der Waals surface area (Å²) < 4.78 is 25.8. The second kappa shape index (κ2) is 7.67. The van der Waals surface area contributed by atoms with E-state index >= 15 is 0 Å². The Labute approximate surface area is 156 Å². The quantitative estimate of drug-likeness (QED) is 0.895. The van der Waals surface area contributed by atoms with Crippen LogP contribution >= 0.6 is 0 Å². The third kappa shape index (κ3) is 3.95. The van der Waals surface area contributed by atoms with Crippen LogP contribution in [0, 0.1) is 11.8 Å². The van der Waals surface area contributed by atoms with Crippen molar-refractivity contribution in [3.05, 3.63) is 42.5 Å². The average Bonchev–Trinajstić information content (AvgIpc) is 2.68.